The molecule has 2 atom stereocenters. The highest BCUT2D eigenvalue weighted by Gasteiger charge is 2.28. The van der Waals surface area contributed by atoms with E-state index in [4.69, 9.17) is 5.11 Å². The first-order valence-corrected chi connectivity index (χ1v) is 6.29. The summed E-state index contributed by atoms with van der Waals surface area (Å²) >= 11 is 0. The van der Waals surface area contributed by atoms with Gasteiger partial charge in [-0.1, -0.05) is 6.42 Å². The zero-order valence-electron chi connectivity index (χ0n) is 10.1. The van der Waals surface area contributed by atoms with Gasteiger partial charge in [0.2, 0.25) is 0 Å². The Morgan fingerprint density at radius 2 is 1.80 bits per heavy atom. The first kappa shape index (κ1) is 12.9. The van der Waals surface area contributed by atoms with Gasteiger partial charge in [-0.05, 0) is 39.5 Å². The highest BCUT2D eigenvalue weighted by atomic mass is 16.3. The van der Waals surface area contributed by atoms with Crippen molar-refractivity contribution in [2.45, 2.75) is 64.1 Å². The van der Waals surface area contributed by atoms with Crippen LogP contribution in [0.5, 0.6) is 0 Å². The Hall–Kier alpha value is -0.120. The SMILES string of the molecule is CC(C)[NH+](C[C@H](O)CO)C1CCCCC1. The van der Waals surface area contributed by atoms with Crippen molar-refractivity contribution in [3.8, 4) is 0 Å². The fourth-order valence-electron chi connectivity index (χ4n) is 2.68. The molecule has 90 valence electrons. The Morgan fingerprint density at radius 3 is 2.27 bits per heavy atom. The number of hydrogen-bond acceptors (Lipinski definition) is 2. The molecule has 3 heteroatoms. The van der Waals surface area contributed by atoms with E-state index in [1.807, 2.05) is 0 Å². The van der Waals surface area contributed by atoms with Gasteiger partial charge in [-0.25, -0.2) is 0 Å². The molecule has 0 radical (unpaired) electrons. The molecule has 3 N–H and O–H groups in total. The Labute approximate surface area is 93.1 Å². The second-order valence-corrected chi connectivity index (χ2v) is 5.11. The number of hydrogen-bond donors (Lipinski definition) is 3. The van der Waals surface area contributed by atoms with Gasteiger partial charge in [-0.2, -0.15) is 0 Å². The molecule has 0 amide bonds. The Balaban J connectivity index is 2.48. The maximum Gasteiger partial charge on any atom is 0.126 e. The van der Waals surface area contributed by atoms with Crippen molar-refractivity contribution in [2.24, 2.45) is 0 Å². The summed E-state index contributed by atoms with van der Waals surface area (Å²) < 4.78 is 0. The molecular weight excluding hydrogens is 190 g/mol. The molecule has 0 aromatic heterocycles. The van der Waals surface area contributed by atoms with E-state index < -0.39 is 6.10 Å². The van der Waals surface area contributed by atoms with E-state index in [1.54, 1.807) is 0 Å². The molecule has 0 saturated heterocycles. The molecule has 0 aromatic rings. The van der Waals surface area contributed by atoms with Gasteiger partial charge in [0.15, 0.2) is 0 Å². The minimum absolute atomic E-state index is 0.108. The maximum absolute atomic E-state index is 9.54. The Kier molecular flexibility index (Phi) is 5.58. The van der Waals surface area contributed by atoms with Crippen molar-refractivity contribution in [2.75, 3.05) is 13.2 Å². The molecule has 0 bridgehead atoms. The van der Waals surface area contributed by atoms with Gasteiger partial charge in [-0.15, -0.1) is 0 Å². The van der Waals surface area contributed by atoms with Crippen molar-refractivity contribution in [1.82, 2.24) is 0 Å². The monoisotopic (exact) mass is 216 g/mol. The average molecular weight is 216 g/mol. The van der Waals surface area contributed by atoms with Crippen LogP contribution in [0.3, 0.4) is 0 Å². The van der Waals surface area contributed by atoms with Gasteiger partial charge >= 0.3 is 0 Å². The van der Waals surface area contributed by atoms with Crippen molar-refractivity contribution in [3.05, 3.63) is 0 Å². The number of quaternary nitrogens is 1. The number of aliphatic hydroxyl groups excluding tert-OH is 2. The predicted molar refractivity (Wildman–Crippen MR) is 60.9 cm³/mol. The van der Waals surface area contributed by atoms with Crippen LogP contribution in [-0.2, 0) is 0 Å². The normalized spacial score (nSPS) is 23.0. The van der Waals surface area contributed by atoms with Crippen molar-refractivity contribution < 1.29 is 15.1 Å². The van der Waals surface area contributed by atoms with Crippen LogP contribution >= 0.6 is 0 Å². The summed E-state index contributed by atoms with van der Waals surface area (Å²) in [5, 5.41) is 18.4. The third-order valence-electron chi connectivity index (χ3n) is 3.55. The second-order valence-electron chi connectivity index (χ2n) is 5.11. The minimum Gasteiger partial charge on any atom is -0.393 e. The standard InChI is InChI=1S/C12H25NO2/c1-10(2)13(8-12(15)9-14)11-6-4-3-5-7-11/h10-12,14-15H,3-9H2,1-2H3/p+1/t12-/m0/s1. The highest BCUT2D eigenvalue weighted by Crippen LogP contribution is 2.15. The van der Waals surface area contributed by atoms with Gasteiger partial charge < -0.3 is 15.1 Å². The zero-order chi connectivity index (χ0) is 11.3. The van der Waals surface area contributed by atoms with E-state index >= 15 is 0 Å². The first-order chi connectivity index (χ1) is 7.15. The van der Waals surface area contributed by atoms with Gasteiger partial charge in [0, 0.05) is 0 Å². The van der Waals surface area contributed by atoms with E-state index in [9.17, 15) is 5.11 Å². The van der Waals surface area contributed by atoms with Crippen molar-refractivity contribution in [1.29, 1.82) is 0 Å². The van der Waals surface area contributed by atoms with E-state index in [0.717, 1.165) is 0 Å². The van der Waals surface area contributed by atoms with Crippen molar-refractivity contribution in [3.63, 3.8) is 0 Å². The molecule has 0 aromatic carbocycles. The summed E-state index contributed by atoms with van der Waals surface area (Å²) in [5.41, 5.74) is 0. The lowest BCUT2D eigenvalue weighted by Crippen LogP contribution is -3.19. The summed E-state index contributed by atoms with van der Waals surface area (Å²) in [6, 6.07) is 1.23. The van der Waals surface area contributed by atoms with Crippen LogP contribution in [0.4, 0.5) is 0 Å². The zero-order valence-corrected chi connectivity index (χ0v) is 10.1. The topological polar surface area (TPSA) is 44.9 Å². The molecule has 1 unspecified atom stereocenters. The fourth-order valence-corrected chi connectivity index (χ4v) is 2.68. The van der Waals surface area contributed by atoms with E-state index in [-0.39, 0.29) is 6.61 Å². The van der Waals surface area contributed by atoms with Crippen molar-refractivity contribution >= 4 is 0 Å². The summed E-state index contributed by atoms with van der Waals surface area (Å²) in [6.07, 6.45) is 6.04. The molecule has 1 rings (SSSR count). The minimum atomic E-state index is -0.552. The molecule has 0 aliphatic heterocycles. The van der Waals surface area contributed by atoms with Gasteiger partial charge in [-0.3, -0.25) is 0 Å². The number of aliphatic hydroxyl groups is 2. The molecular formula is C12H26NO2+. The lowest BCUT2D eigenvalue weighted by molar-refractivity contribution is -0.950. The van der Waals surface area contributed by atoms with Gasteiger partial charge in [0.25, 0.3) is 0 Å². The largest absolute Gasteiger partial charge is 0.393 e. The van der Waals surface area contributed by atoms with E-state index in [0.29, 0.717) is 18.6 Å². The van der Waals surface area contributed by atoms with Crippen LogP contribution in [-0.4, -0.2) is 41.6 Å². The Bertz CT molecular complexity index is 167. The van der Waals surface area contributed by atoms with Crippen LogP contribution in [0.1, 0.15) is 46.0 Å². The molecule has 0 spiro atoms. The summed E-state index contributed by atoms with van der Waals surface area (Å²) in [5.74, 6) is 0. The van der Waals surface area contributed by atoms with Crippen LogP contribution in [0.2, 0.25) is 0 Å². The van der Waals surface area contributed by atoms with E-state index in [1.165, 1.54) is 37.0 Å². The molecule has 3 nitrogen and oxygen atoms in total. The lowest BCUT2D eigenvalue weighted by Gasteiger charge is -2.35. The molecule has 0 heterocycles. The highest BCUT2D eigenvalue weighted by molar-refractivity contribution is 4.65. The lowest BCUT2D eigenvalue weighted by atomic mass is 9.93. The van der Waals surface area contributed by atoms with Crippen LogP contribution < -0.4 is 4.90 Å². The molecule has 1 aliphatic carbocycles. The number of nitrogens with one attached hydrogen (secondary N) is 1. The summed E-state index contributed by atoms with van der Waals surface area (Å²) in [6.45, 7) is 4.99. The van der Waals surface area contributed by atoms with Gasteiger partial charge in [0.05, 0.1) is 18.7 Å². The average Bonchev–Trinajstić information content (AvgIpc) is 2.26. The summed E-state index contributed by atoms with van der Waals surface area (Å²) in [7, 11) is 0. The summed E-state index contributed by atoms with van der Waals surface area (Å²) in [4.78, 5) is 1.47. The Morgan fingerprint density at radius 1 is 1.20 bits per heavy atom. The second kappa shape index (κ2) is 6.46. The first-order valence-electron chi connectivity index (χ1n) is 6.29. The van der Waals surface area contributed by atoms with E-state index in [2.05, 4.69) is 13.8 Å². The van der Waals surface area contributed by atoms with Crippen LogP contribution in [0.15, 0.2) is 0 Å². The predicted octanol–water partition coefficient (Wildman–Crippen LogP) is -0.0344. The molecule has 1 aliphatic rings. The smallest absolute Gasteiger partial charge is 0.126 e. The third kappa shape index (κ3) is 4.09. The maximum atomic E-state index is 9.54. The quantitative estimate of drug-likeness (QED) is 0.604. The van der Waals surface area contributed by atoms with Crippen LogP contribution in [0, 0.1) is 0 Å². The van der Waals surface area contributed by atoms with Crippen LogP contribution in [0.25, 0.3) is 0 Å². The molecule has 1 saturated carbocycles. The fraction of sp³-hybridized carbons (Fsp3) is 1.00. The third-order valence-corrected chi connectivity index (χ3v) is 3.55. The van der Waals surface area contributed by atoms with Gasteiger partial charge in [0.1, 0.15) is 12.6 Å². The molecule has 15 heavy (non-hydrogen) atoms. The number of rotatable bonds is 5. The molecule has 1 fully saturated rings.